The second-order valence-corrected chi connectivity index (χ2v) is 4.46. The molecule has 3 aromatic rings. The van der Waals surface area contributed by atoms with E-state index in [1.54, 1.807) is 6.07 Å². The summed E-state index contributed by atoms with van der Waals surface area (Å²) < 4.78 is 5.14. The van der Waals surface area contributed by atoms with Gasteiger partial charge in [0.25, 0.3) is 0 Å². The Balaban J connectivity index is 1.74. The Morgan fingerprint density at radius 3 is 2.90 bits per heavy atom. The summed E-state index contributed by atoms with van der Waals surface area (Å²) in [6.07, 6.45) is 2.85. The highest BCUT2D eigenvalue weighted by molar-refractivity contribution is 6.29. The Labute approximate surface area is 118 Å². The maximum Gasteiger partial charge on any atom is 0.231 e. The number of nitrogens with one attached hydrogen (secondary N) is 1. The molecule has 6 nitrogen and oxygen atoms in total. The van der Waals surface area contributed by atoms with Gasteiger partial charge in [-0.1, -0.05) is 28.9 Å². The highest BCUT2D eigenvalue weighted by Crippen LogP contribution is 2.18. The Bertz CT molecular complexity index is 754. The first kappa shape index (κ1) is 12.6. The standard InChI is InChI=1S/C13H9ClN4O2/c14-11-6-16-12(7-15-11)17-13(19)5-9-8-3-1-2-4-10(8)20-18-9/h1-4,6-7H,5H2,(H,16,17,19). The largest absolute Gasteiger partial charge is 0.356 e. The number of amides is 1. The van der Waals surface area contributed by atoms with Gasteiger partial charge in [-0.25, -0.2) is 9.97 Å². The number of nitrogens with zero attached hydrogens (tertiary/aromatic N) is 3. The highest BCUT2D eigenvalue weighted by Gasteiger charge is 2.12. The number of aromatic nitrogens is 3. The van der Waals surface area contributed by atoms with Gasteiger partial charge in [-0.05, 0) is 12.1 Å². The first-order chi connectivity index (χ1) is 9.72. The lowest BCUT2D eigenvalue weighted by Gasteiger charge is -2.02. The summed E-state index contributed by atoms with van der Waals surface area (Å²) in [5.74, 6) is 0.0906. The first-order valence-electron chi connectivity index (χ1n) is 5.83. The van der Waals surface area contributed by atoms with E-state index in [0.717, 1.165) is 5.39 Å². The van der Waals surface area contributed by atoms with Crippen LogP contribution in [0.5, 0.6) is 0 Å². The molecule has 0 radical (unpaired) electrons. The lowest BCUT2D eigenvalue weighted by molar-refractivity contribution is -0.115. The van der Waals surface area contributed by atoms with Crippen LogP contribution in [0, 0.1) is 0 Å². The number of carbonyl (C=O) groups is 1. The van der Waals surface area contributed by atoms with Crippen LogP contribution < -0.4 is 5.32 Å². The maximum atomic E-state index is 11.9. The smallest absolute Gasteiger partial charge is 0.231 e. The Morgan fingerprint density at radius 2 is 2.10 bits per heavy atom. The molecule has 20 heavy (non-hydrogen) atoms. The molecule has 0 aliphatic rings. The zero-order valence-corrected chi connectivity index (χ0v) is 11.0. The number of para-hydroxylation sites is 1. The van der Waals surface area contributed by atoms with E-state index in [0.29, 0.717) is 17.1 Å². The lowest BCUT2D eigenvalue weighted by Crippen LogP contribution is -2.15. The summed E-state index contributed by atoms with van der Waals surface area (Å²) in [4.78, 5) is 19.7. The van der Waals surface area contributed by atoms with Gasteiger partial charge < -0.3 is 9.84 Å². The fourth-order valence-corrected chi connectivity index (χ4v) is 1.88. The molecule has 0 fully saturated rings. The molecule has 1 N–H and O–H groups in total. The van der Waals surface area contributed by atoms with E-state index in [1.807, 2.05) is 18.2 Å². The van der Waals surface area contributed by atoms with Crippen molar-refractivity contribution in [2.75, 3.05) is 5.32 Å². The molecule has 1 amide bonds. The van der Waals surface area contributed by atoms with Crippen LogP contribution in [0.2, 0.25) is 5.15 Å². The van der Waals surface area contributed by atoms with Crippen molar-refractivity contribution in [1.29, 1.82) is 0 Å². The number of rotatable bonds is 3. The van der Waals surface area contributed by atoms with Gasteiger partial charge in [0, 0.05) is 5.39 Å². The molecular weight excluding hydrogens is 280 g/mol. The van der Waals surface area contributed by atoms with Crippen molar-refractivity contribution >= 4 is 34.3 Å². The number of anilines is 1. The molecule has 2 aromatic heterocycles. The van der Waals surface area contributed by atoms with Crippen molar-refractivity contribution in [3.05, 3.63) is 47.5 Å². The lowest BCUT2D eigenvalue weighted by atomic mass is 10.2. The summed E-state index contributed by atoms with van der Waals surface area (Å²) in [7, 11) is 0. The normalized spacial score (nSPS) is 10.7. The molecule has 0 saturated carbocycles. The van der Waals surface area contributed by atoms with Crippen LogP contribution in [0.3, 0.4) is 0 Å². The monoisotopic (exact) mass is 288 g/mol. The third-order valence-electron chi connectivity index (χ3n) is 2.67. The number of hydrogen-bond acceptors (Lipinski definition) is 5. The molecule has 0 aliphatic heterocycles. The molecule has 0 atom stereocenters. The minimum atomic E-state index is -0.249. The molecule has 7 heteroatoms. The molecular formula is C13H9ClN4O2. The molecule has 0 unspecified atom stereocenters. The number of carbonyl (C=O) groups excluding carboxylic acids is 1. The van der Waals surface area contributed by atoms with Gasteiger partial charge >= 0.3 is 0 Å². The van der Waals surface area contributed by atoms with E-state index in [1.165, 1.54) is 12.4 Å². The van der Waals surface area contributed by atoms with Crippen molar-refractivity contribution in [3.8, 4) is 0 Å². The van der Waals surface area contributed by atoms with Crippen molar-refractivity contribution in [2.45, 2.75) is 6.42 Å². The summed E-state index contributed by atoms with van der Waals surface area (Å²) in [5.41, 5.74) is 1.24. The molecule has 3 rings (SSSR count). The number of fused-ring (bicyclic) bond motifs is 1. The topological polar surface area (TPSA) is 80.9 Å². The SMILES string of the molecule is O=C(Cc1noc2ccccc12)Nc1cnc(Cl)cn1. The second kappa shape index (κ2) is 5.26. The zero-order chi connectivity index (χ0) is 13.9. The average molecular weight is 289 g/mol. The maximum absolute atomic E-state index is 11.9. The minimum absolute atomic E-state index is 0.0985. The molecule has 0 spiro atoms. The summed E-state index contributed by atoms with van der Waals surface area (Å²) >= 11 is 5.62. The average Bonchev–Trinajstić information content (AvgIpc) is 2.85. The summed E-state index contributed by atoms with van der Waals surface area (Å²) in [6.45, 7) is 0. The van der Waals surface area contributed by atoms with Crippen LogP contribution in [0.15, 0.2) is 41.2 Å². The van der Waals surface area contributed by atoms with Crippen LogP contribution in [-0.4, -0.2) is 21.0 Å². The van der Waals surface area contributed by atoms with Crippen LogP contribution in [0.25, 0.3) is 11.0 Å². The van der Waals surface area contributed by atoms with Crippen molar-refractivity contribution in [3.63, 3.8) is 0 Å². The highest BCUT2D eigenvalue weighted by atomic mass is 35.5. The van der Waals surface area contributed by atoms with Gasteiger partial charge in [-0.15, -0.1) is 0 Å². The van der Waals surface area contributed by atoms with Gasteiger partial charge in [0.05, 0.1) is 18.8 Å². The molecule has 0 saturated heterocycles. The van der Waals surface area contributed by atoms with Crippen LogP contribution in [0.1, 0.15) is 5.69 Å². The van der Waals surface area contributed by atoms with E-state index in [4.69, 9.17) is 16.1 Å². The third kappa shape index (κ3) is 2.60. The Kier molecular flexibility index (Phi) is 3.30. The fourth-order valence-electron chi connectivity index (χ4n) is 1.78. The molecule has 0 bridgehead atoms. The molecule has 1 aromatic carbocycles. The summed E-state index contributed by atoms with van der Waals surface area (Å²) in [6, 6.07) is 7.37. The predicted octanol–water partition coefficient (Wildman–Crippen LogP) is 2.45. The van der Waals surface area contributed by atoms with Gasteiger partial charge in [0.15, 0.2) is 11.4 Å². The van der Waals surface area contributed by atoms with E-state index in [9.17, 15) is 4.79 Å². The van der Waals surface area contributed by atoms with Gasteiger partial charge in [0.2, 0.25) is 5.91 Å². The summed E-state index contributed by atoms with van der Waals surface area (Å²) in [5, 5.41) is 7.61. The second-order valence-electron chi connectivity index (χ2n) is 4.07. The van der Waals surface area contributed by atoms with Gasteiger partial charge in [-0.2, -0.15) is 0 Å². The third-order valence-corrected chi connectivity index (χ3v) is 2.86. The molecule has 100 valence electrons. The van der Waals surface area contributed by atoms with E-state index >= 15 is 0 Å². The van der Waals surface area contributed by atoms with E-state index in [-0.39, 0.29) is 17.5 Å². The first-order valence-corrected chi connectivity index (χ1v) is 6.21. The van der Waals surface area contributed by atoms with Crippen molar-refractivity contribution in [2.24, 2.45) is 0 Å². The van der Waals surface area contributed by atoms with E-state index in [2.05, 4.69) is 20.4 Å². The Hall–Kier alpha value is -2.47. The fraction of sp³-hybridized carbons (Fsp3) is 0.0769. The molecule has 0 aliphatic carbocycles. The quantitative estimate of drug-likeness (QED) is 0.800. The van der Waals surface area contributed by atoms with Crippen molar-refractivity contribution < 1.29 is 9.32 Å². The Morgan fingerprint density at radius 1 is 1.25 bits per heavy atom. The van der Waals surface area contributed by atoms with Crippen LogP contribution >= 0.6 is 11.6 Å². The van der Waals surface area contributed by atoms with Crippen LogP contribution in [-0.2, 0) is 11.2 Å². The number of halogens is 1. The zero-order valence-electron chi connectivity index (χ0n) is 10.2. The van der Waals surface area contributed by atoms with Crippen LogP contribution in [0.4, 0.5) is 5.82 Å². The van der Waals surface area contributed by atoms with Gasteiger partial charge in [-0.3, -0.25) is 4.79 Å². The number of benzene rings is 1. The van der Waals surface area contributed by atoms with Crippen molar-refractivity contribution in [1.82, 2.24) is 15.1 Å². The van der Waals surface area contributed by atoms with E-state index < -0.39 is 0 Å². The van der Waals surface area contributed by atoms with Gasteiger partial charge in [0.1, 0.15) is 10.8 Å². The minimum Gasteiger partial charge on any atom is -0.356 e. The predicted molar refractivity (Wildman–Crippen MR) is 73.4 cm³/mol. The number of hydrogen-bond donors (Lipinski definition) is 1. The molecule has 2 heterocycles.